The van der Waals surface area contributed by atoms with Crippen LogP contribution in [0.15, 0.2) is 77.4 Å². The van der Waals surface area contributed by atoms with E-state index in [2.05, 4.69) is 11.4 Å². The van der Waals surface area contributed by atoms with Gasteiger partial charge in [-0.2, -0.15) is 0 Å². The number of carbonyl (C=O) groups excluding carboxylic acids is 2. The molecule has 0 saturated heterocycles. The molecule has 0 spiro atoms. The topological polar surface area (TPSA) is 62.6 Å². The lowest BCUT2D eigenvalue weighted by Gasteiger charge is -2.32. The molecule has 0 bridgehead atoms. The number of aryl methyl sites for hydroxylation is 1. The fourth-order valence-corrected chi connectivity index (χ4v) is 3.64. The van der Waals surface area contributed by atoms with Gasteiger partial charge in [-0.05, 0) is 42.2 Å². The van der Waals surface area contributed by atoms with Crippen molar-refractivity contribution in [2.45, 2.75) is 25.3 Å². The average Bonchev–Trinajstić information content (AvgIpc) is 3.28. The van der Waals surface area contributed by atoms with Gasteiger partial charge < -0.3 is 14.6 Å². The monoisotopic (exact) mass is 374 g/mol. The number of hydrogen-bond acceptors (Lipinski definition) is 3. The molecule has 4 rings (SSSR count). The number of para-hydroxylation sites is 1. The van der Waals surface area contributed by atoms with E-state index < -0.39 is 6.04 Å². The van der Waals surface area contributed by atoms with Crippen LogP contribution in [0.5, 0.6) is 0 Å². The molecule has 0 fully saturated rings. The Morgan fingerprint density at radius 1 is 1.00 bits per heavy atom. The van der Waals surface area contributed by atoms with Crippen LogP contribution in [0.25, 0.3) is 0 Å². The summed E-state index contributed by atoms with van der Waals surface area (Å²) in [7, 11) is 0. The van der Waals surface area contributed by atoms with E-state index >= 15 is 0 Å². The van der Waals surface area contributed by atoms with E-state index in [1.54, 1.807) is 17.0 Å². The number of nitrogens with one attached hydrogen (secondary N) is 1. The molecule has 0 aliphatic carbocycles. The van der Waals surface area contributed by atoms with Gasteiger partial charge in [0.2, 0.25) is 5.91 Å². The molecule has 2 amide bonds. The molecule has 3 aromatic rings. The second kappa shape index (κ2) is 8.13. The molecule has 1 aliphatic heterocycles. The number of benzene rings is 2. The average molecular weight is 374 g/mol. The Balaban J connectivity index is 1.61. The zero-order chi connectivity index (χ0) is 19.3. The third-order valence-corrected chi connectivity index (χ3v) is 5.01. The Labute approximate surface area is 164 Å². The van der Waals surface area contributed by atoms with Crippen LogP contribution in [-0.2, 0) is 17.6 Å². The van der Waals surface area contributed by atoms with Gasteiger partial charge >= 0.3 is 0 Å². The van der Waals surface area contributed by atoms with Gasteiger partial charge in [-0.15, -0.1) is 0 Å². The number of rotatable bonds is 5. The standard InChI is InChI=1S/C23H22N2O3/c26-22(21-13-7-15-28-21)24-19(16-17-8-2-1-3-9-17)23(27)25-14-6-11-18-10-4-5-12-20(18)25/h1-5,7-10,12-13,15,19H,6,11,14,16H2,(H,24,26)/t19-/m0/s1. The van der Waals surface area contributed by atoms with Crippen molar-refractivity contribution >= 4 is 17.5 Å². The molecular formula is C23H22N2O3. The molecule has 1 aromatic heterocycles. The molecule has 2 heterocycles. The van der Waals surface area contributed by atoms with Crippen LogP contribution in [0.2, 0.25) is 0 Å². The summed E-state index contributed by atoms with van der Waals surface area (Å²) in [6.07, 6.45) is 3.74. The van der Waals surface area contributed by atoms with Crippen molar-refractivity contribution < 1.29 is 14.0 Å². The van der Waals surface area contributed by atoms with Crippen LogP contribution >= 0.6 is 0 Å². The van der Waals surface area contributed by atoms with E-state index in [1.165, 1.54) is 6.26 Å². The summed E-state index contributed by atoms with van der Waals surface area (Å²) in [5.41, 5.74) is 3.09. The summed E-state index contributed by atoms with van der Waals surface area (Å²) in [6.45, 7) is 0.651. The first-order chi connectivity index (χ1) is 13.7. The Bertz CT molecular complexity index is 951. The normalized spacial score (nSPS) is 14.2. The largest absolute Gasteiger partial charge is 0.459 e. The summed E-state index contributed by atoms with van der Waals surface area (Å²) >= 11 is 0. The minimum Gasteiger partial charge on any atom is -0.459 e. The number of anilines is 1. The van der Waals surface area contributed by atoms with Crippen LogP contribution in [0.3, 0.4) is 0 Å². The van der Waals surface area contributed by atoms with Crippen molar-refractivity contribution in [3.8, 4) is 0 Å². The van der Waals surface area contributed by atoms with Crippen LogP contribution in [0.1, 0.15) is 28.1 Å². The maximum absolute atomic E-state index is 13.5. The quantitative estimate of drug-likeness (QED) is 0.742. The number of hydrogen-bond donors (Lipinski definition) is 1. The second-order valence-electron chi connectivity index (χ2n) is 6.92. The highest BCUT2D eigenvalue weighted by Gasteiger charge is 2.30. The fourth-order valence-electron chi connectivity index (χ4n) is 3.64. The molecule has 1 atom stereocenters. The lowest BCUT2D eigenvalue weighted by Crippen LogP contribution is -2.51. The first kappa shape index (κ1) is 18.0. The van der Waals surface area contributed by atoms with Crippen molar-refractivity contribution in [3.63, 3.8) is 0 Å². The zero-order valence-electron chi connectivity index (χ0n) is 15.5. The summed E-state index contributed by atoms with van der Waals surface area (Å²) in [6, 6.07) is 20.3. The highest BCUT2D eigenvalue weighted by atomic mass is 16.3. The first-order valence-electron chi connectivity index (χ1n) is 9.50. The molecule has 28 heavy (non-hydrogen) atoms. The molecule has 1 aliphatic rings. The number of carbonyl (C=O) groups is 2. The zero-order valence-corrected chi connectivity index (χ0v) is 15.5. The van der Waals surface area contributed by atoms with E-state index in [1.807, 2.05) is 48.5 Å². The second-order valence-corrected chi connectivity index (χ2v) is 6.92. The SMILES string of the molecule is O=C(N[C@@H](Cc1ccccc1)C(=O)N1CCCc2ccccc21)c1ccco1. The maximum atomic E-state index is 13.5. The smallest absolute Gasteiger partial charge is 0.287 e. The van der Waals surface area contributed by atoms with Crippen molar-refractivity contribution in [1.29, 1.82) is 0 Å². The third-order valence-electron chi connectivity index (χ3n) is 5.01. The molecule has 0 radical (unpaired) electrons. The van der Waals surface area contributed by atoms with Gasteiger partial charge in [0.05, 0.1) is 6.26 Å². The highest BCUT2D eigenvalue weighted by molar-refractivity contribution is 6.02. The number of nitrogens with zero attached hydrogens (tertiary/aromatic N) is 1. The molecule has 1 N–H and O–H groups in total. The summed E-state index contributed by atoms with van der Waals surface area (Å²) in [4.78, 5) is 27.8. The molecule has 0 saturated carbocycles. The number of amides is 2. The Hall–Kier alpha value is -3.34. The van der Waals surface area contributed by atoms with Crippen molar-refractivity contribution in [1.82, 2.24) is 5.32 Å². The molecule has 5 heteroatoms. The van der Waals surface area contributed by atoms with Gasteiger partial charge in [-0.3, -0.25) is 9.59 Å². The molecule has 142 valence electrons. The van der Waals surface area contributed by atoms with Crippen molar-refractivity contribution in [2.75, 3.05) is 11.4 Å². The number of fused-ring (bicyclic) bond motifs is 1. The van der Waals surface area contributed by atoms with E-state index in [0.29, 0.717) is 13.0 Å². The van der Waals surface area contributed by atoms with E-state index in [-0.39, 0.29) is 17.6 Å². The predicted octanol–water partition coefficient (Wildman–Crippen LogP) is 3.60. The lowest BCUT2D eigenvalue weighted by molar-refractivity contribution is -0.120. The predicted molar refractivity (Wildman–Crippen MR) is 107 cm³/mol. The Kier molecular flexibility index (Phi) is 5.24. The highest BCUT2D eigenvalue weighted by Crippen LogP contribution is 2.27. The van der Waals surface area contributed by atoms with Gasteiger partial charge in [0, 0.05) is 18.7 Å². The summed E-state index contributed by atoms with van der Waals surface area (Å²) < 4.78 is 5.19. The fraction of sp³-hybridized carbons (Fsp3) is 0.217. The minimum atomic E-state index is -0.675. The summed E-state index contributed by atoms with van der Waals surface area (Å²) in [5.74, 6) is -0.287. The number of furan rings is 1. The minimum absolute atomic E-state index is 0.101. The van der Waals surface area contributed by atoms with E-state index in [0.717, 1.165) is 29.7 Å². The van der Waals surface area contributed by atoms with Crippen LogP contribution in [-0.4, -0.2) is 24.4 Å². The van der Waals surface area contributed by atoms with Crippen LogP contribution in [0, 0.1) is 0 Å². The third kappa shape index (κ3) is 3.83. The molecule has 2 aromatic carbocycles. The van der Waals surface area contributed by atoms with Crippen molar-refractivity contribution in [3.05, 3.63) is 89.9 Å². The van der Waals surface area contributed by atoms with Crippen LogP contribution < -0.4 is 10.2 Å². The molecule has 5 nitrogen and oxygen atoms in total. The van der Waals surface area contributed by atoms with Crippen molar-refractivity contribution in [2.24, 2.45) is 0 Å². The van der Waals surface area contributed by atoms with Gasteiger partial charge in [-0.25, -0.2) is 0 Å². The van der Waals surface area contributed by atoms with E-state index in [9.17, 15) is 9.59 Å². The molecular weight excluding hydrogens is 352 g/mol. The Morgan fingerprint density at radius 3 is 2.57 bits per heavy atom. The van der Waals surface area contributed by atoms with Crippen LogP contribution in [0.4, 0.5) is 5.69 Å². The van der Waals surface area contributed by atoms with Gasteiger partial charge in [0.1, 0.15) is 6.04 Å². The van der Waals surface area contributed by atoms with E-state index in [4.69, 9.17) is 4.42 Å². The maximum Gasteiger partial charge on any atom is 0.287 e. The van der Waals surface area contributed by atoms with Gasteiger partial charge in [-0.1, -0.05) is 48.5 Å². The lowest BCUT2D eigenvalue weighted by atomic mass is 9.99. The summed E-state index contributed by atoms with van der Waals surface area (Å²) in [5, 5.41) is 2.87. The van der Waals surface area contributed by atoms with Gasteiger partial charge in [0.25, 0.3) is 5.91 Å². The van der Waals surface area contributed by atoms with Gasteiger partial charge in [0.15, 0.2) is 5.76 Å². The molecule has 0 unspecified atom stereocenters. The first-order valence-corrected chi connectivity index (χ1v) is 9.50. The Morgan fingerprint density at radius 2 is 1.79 bits per heavy atom.